The fourth-order valence-corrected chi connectivity index (χ4v) is 6.60. The van der Waals surface area contributed by atoms with Crippen LogP contribution in [0.4, 0.5) is 29.0 Å². The van der Waals surface area contributed by atoms with Crippen molar-refractivity contribution in [2.75, 3.05) is 62.3 Å². The van der Waals surface area contributed by atoms with Gasteiger partial charge in [-0.15, -0.1) is 0 Å². The Kier molecular flexibility index (Phi) is 7.99. The summed E-state index contributed by atoms with van der Waals surface area (Å²) < 4.78 is 27.2. The number of methoxy groups -OCH3 is 1. The molecule has 15 heteroatoms. The van der Waals surface area contributed by atoms with E-state index in [2.05, 4.69) is 51.4 Å². The van der Waals surface area contributed by atoms with Crippen LogP contribution in [0.1, 0.15) is 0 Å². The van der Waals surface area contributed by atoms with E-state index in [0.717, 1.165) is 17.1 Å². The molecule has 222 valence electrons. The lowest BCUT2D eigenvalue weighted by atomic mass is 10.1. The monoisotopic (exact) mass is 664 g/mol. The van der Waals surface area contributed by atoms with Crippen molar-refractivity contribution in [1.29, 1.82) is 0 Å². The molecule has 1 aromatic carbocycles. The molecule has 43 heavy (non-hydrogen) atoms. The number of anilines is 5. The Bertz CT molecular complexity index is 1850. The molecule has 0 spiro atoms. The van der Waals surface area contributed by atoms with E-state index in [9.17, 15) is 4.57 Å². The van der Waals surface area contributed by atoms with E-state index in [4.69, 9.17) is 19.4 Å². The molecule has 5 aromatic rings. The minimum atomic E-state index is -2.76. The third kappa shape index (κ3) is 6.03. The standard InChI is InChI=1S/C28H30BrN10O3P/c1-38-15-22(33-16-38)17-13-21(27(41-2)37-26(17)39-9-11-42-12-10-39)35-28-32-14-18(29)25(36-28)34-20-6-5-19-23(31-8-7-30-19)24(20)43(3,4)40/h5-8,13-16H,9-12H2,1-4H3,(H2,32,34,35,36). The molecule has 0 atom stereocenters. The second-order valence-corrected chi connectivity index (χ2v) is 14.3. The number of nitrogens with zero attached hydrogens (tertiary/aromatic N) is 8. The molecule has 1 fully saturated rings. The molecular formula is C28H30BrN10O3P. The second kappa shape index (κ2) is 11.9. The quantitative estimate of drug-likeness (QED) is 0.224. The van der Waals surface area contributed by atoms with Gasteiger partial charge in [-0.1, -0.05) is 0 Å². The summed E-state index contributed by atoms with van der Waals surface area (Å²) in [6, 6.07) is 5.62. The van der Waals surface area contributed by atoms with Crippen molar-refractivity contribution in [3.8, 4) is 17.1 Å². The molecule has 4 aromatic heterocycles. The summed E-state index contributed by atoms with van der Waals surface area (Å²) in [7, 11) is 0.735. The highest BCUT2D eigenvalue weighted by molar-refractivity contribution is 9.10. The molecule has 13 nitrogen and oxygen atoms in total. The zero-order chi connectivity index (χ0) is 30.1. The number of rotatable bonds is 8. The maximum atomic E-state index is 13.4. The summed E-state index contributed by atoms with van der Waals surface area (Å²) in [5.41, 5.74) is 4.06. The van der Waals surface area contributed by atoms with Gasteiger partial charge in [0.05, 0.1) is 53.3 Å². The van der Waals surface area contributed by atoms with Crippen LogP contribution in [0.5, 0.6) is 5.88 Å². The van der Waals surface area contributed by atoms with E-state index < -0.39 is 7.14 Å². The van der Waals surface area contributed by atoms with Crippen molar-refractivity contribution in [2.24, 2.45) is 7.05 Å². The van der Waals surface area contributed by atoms with Crippen LogP contribution in [0.25, 0.3) is 22.3 Å². The molecule has 0 saturated carbocycles. The Morgan fingerprint density at radius 2 is 1.81 bits per heavy atom. The fraction of sp³-hybridized carbons (Fsp3) is 0.286. The molecule has 2 N–H and O–H groups in total. The van der Waals surface area contributed by atoms with Gasteiger partial charge >= 0.3 is 0 Å². The minimum absolute atomic E-state index is 0.301. The summed E-state index contributed by atoms with van der Waals surface area (Å²) in [4.78, 5) is 29.7. The van der Waals surface area contributed by atoms with Gasteiger partial charge in [-0.05, 0) is 47.5 Å². The molecule has 5 heterocycles. The highest BCUT2D eigenvalue weighted by Gasteiger charge is 2.24. The van der Waals surface area contributed by atoms with Gasteiger partial charge < -0.3 is 34.1 Å². The Morgan fingerprint density at radius 1 is 1.02 bits per heavy atom. The highest BCUT2D eigenvalue weighted by Crippen LogP contribution is 2.42. The average molecular weight is 665 g/mol. The molecule has 6 rings (SSSR count). The van der Waals surface area contributed by atoms with Crippen LogP contribution in [0, 0.1) is 0 Å². The number of fused-ring (bicyclic) bond motifs is 1. The molecule has 1 saturated heterocycles. The Balaban J connectivity index is 1.38. The Labute approximate surface area is 256 Å². The summed E-state index contributed by atoms with van der Waals surface area (Å²) in [5, 5.41) is 7.20. The van der Waals surface area contributed by atoms with E-state index in [0.29, 0.717) is 76.1 Å². The summed E-state index contributed by atoms with van der Waals surface area (Å²) in [5.74, 6) is 1.92. The van der Waals surface area contributed by atoms with Crippen LogP contribution in [0.2, 0.25) is 0 Å². The molecule has 0 amide bonds. The van der Waals surface area contributed by atoms with Gasteiger partial charge in [0.2, 0.25) is 11.8 Å². The number of pyridine rings is 1. The number of hydrogen-bond acceptors (Lipinski definition) is 12. The normalized spacial score (nSPS) is 13.7. The maximum Gasteiger partial charge on any atom is 0.239 e. The largest absolute Gasteiger partial charge is 0.479 e. The summed E-state index contributed by atoms with van der Waals surface area (Å²) >= 11 is 3.55. The number of hydrogen-bond donors (Lipinski definition) is 2. The molecule has 1 aliphatic rings. The lowest BCUT2D eigenvalue weighted by Gasteiger charge is -2.30. The van der Waals surface area contributed by atoms with Crippen molar-refractivity contribution < 1.29 is 14.0 Å². The smallest absolute Gasteiger partial charge is 0.239 e. The van der Waals surface area contributed by atoms with Gasteiger partial charge in [0.1, 0.15) is 30.0 Å². The third-order valence-corrected chi connectivity index (χ3v) is 8.96. The number of aryl methyl sites for hydroxylation is 1. The molecular weight excluding hydrogens is 635 g/mol. The van der Waals surface area contributed by atoms with Crippen LogP contribution < -0.4 is 25.6 Å². The van der Waals surface area contributed by atoms with E-state index in [1.54, 1.807) is 45.4 Å². The lowest BCUT2D eigenvalue weighted by Crippen LogP contribution is -2.37. The Morgan fingerprint density at radius 3 is 2.53 bits per heavy atom. The summed E-state index contributed by atoms with van der Waals surface area (Å²) in [6.07, 6.45) is 8.55. The first-order valence-corrected chi connectivity index (χ1v) is 16.9. The average Bonchev–Trinajstić information content (AvgIpc) is 3.44. The maximum absolute atomic E-state index is 13.4. The van der Waals surface area contributed by atoms with Gasteiger partial charge in [-0.3, -0.25) is 9.97 Å². The van der Waals surface area contributed by atoms with Gasteiger partial charge in [-0.25, -0.2) is 9.97 Å². The fourth-order valence-electron chi connectivity index (χ4n) is 4.92. The number of nitrogens with one attached hydrogen (secondary N) is 2. The SMILES string of the molecule is COc1nc(N2CCOCC2)c(-c2cn(C)cn2)cc1Nc1ncc(Br)c(Nc2ccc3nccnc3c2P(C)(C)=O)n1. The van der Waals surface area contributed by atoms with Crippen molar-refractivity contribution in [1.82, 2.24) is 34.5 Å². The van der Waals surface area contributed by atoms with E-state index in [-0.39, 0.29) is 0 Å². The number of benzene rings is 1. The van der Waals surface area contributed by atoms with Gasteiger partial charge in [-0.2, -0.15) is 9.97 Å². The van der Waals surface area contributed by atoms with E-state index in [1.807, 2.05) is 36.0 Å². The molecule has 0 bridgehead atoms. The van der Waals surface area contributed by atoms with Crippen molar-refractivity contribution in [3.63, 3.8) is 0 Å². The predicted octanol–water partition coefficient (Wildman–Crippen LogP) is 4.56. The highest BCUT2D eigenvalue weighted by atomic mass is 79.9. The number of imidazole rings is 1. The first-order valence-electron chi connectivity index (χ1n) is 13.5. The molecule has 1 aliphatic heterocycles. The minimum Gasteiger partial charge on any atom is -0.479 e. The van der Waals surface area contributed by atoms with Crippen molar-refractivity contribution >= 4 is 68.4 Å². The number of morpholine rings is 1. The van der Waals surface area contributed by atoms with Gasteiger partial charge in [0.25, 0.3) is 0 Å². The predicted molar refractivity (Wildman–Crippen MR) is 171 cm³/mol. The van der Waals surface area contributed by atoms with Gasteiger partial charge in [0, 0.05) is 50.5 Å². The first kappa shape index (κ1) is 29.0. The zero-order valence-corrected chi connectivity index (χ0v) is 26.6. The summed E-state index contributed by atoms with van der Waals surface area (Å²) in [6.45, 7) is 6.07. The van der Waals surface area contributed by atoms with Gasteiger partial charge in [0.15, 0.2) is 0 Å². The molecule has 0 radical (unpaired) electrons. The van der Waals surface area contributed by atoms with E-state index >= 15 is 0 Å². The van der Waals surface area contributed by atoms with Crippen molar-refractivity contribution in [2.45, 2.75) is 0 Å². The van der Waals surface area contributed by atoms with Crippen LogP contribution in [0.15, 0.2) is 53.8 Å². The number of aromatic nitrogens is 7. The second-order valence-electron chi connectivity index (χ2n) is 10.3. The lowest BCUT2D eigenvalue weighted by molar-refractivity contribution is 0.122. The molecule has 0 aliphatic carbocycles. The number of halogens is 1. The van der Waals surface area contributed by atoms with Crippen LogP contribution in [-0.4, -0.2) is 81.2 Å². The van der Waals surface area contributed by atoms with Crippen molar-refractivity contribution in [3.05, 3.63) is 53.8 Å². The Hall–Kier alpha value is -4.13. The topological polar surface area (TPSA) is 145 Å². The first-order chi connectivity index (χ1) is 20.7. The van der Waals surface area contributed by atoms with Crippen LogP contribution in [0.3, 0.4) is 0 Å². The molecule has 0 unspecified atom stereocenters. The van der Waals surface area contributed by atoms with Crippen LogP contribution >= 0.6 is 23.1 Å². The van der Waals surface area contributed by atoms with E-state index in [1.165, 1.54) is 0 Å². The number of ether oxygens (including phenoxy) is 2. The van der Waals surface area contributed by atoms with Crippen LogP contribution in [-0.2, 0) is 16.3 Å². The third-order valence-electron chi connectivity index (χ3n) is 6.85. The zero-order valence-electron chi connectivity index (χ0n) is 24.1.